The van der Waals surface area contributed by atoms with E-state index < -0.39 is 20.8 Å². The molecule has 0 aromatic heterocycles. The third-order valence-corrected chi connectivity index (χ3v) is 2.35. The van der Waals surface area contributed by atoms with Gasteiger partial charge in [0, 0.05) is 6.21 Å². The molecule has 1 aromatic rings. The van der Waals surface area contributed by atoms with E-state index in [-0.39, 0.29) is 16.4 Å². The van der Waals surface area contributed by atoms with Crippen LogP contribution in [0.1, 0.15) is 52.7 Å². The Kier molecular flexibility index (Phi) is 11.4. The predicted molar refractivity (Wildman–Crippen MR) is 87.8 cm³/mol. The van der Waals surface area contributed by atoms with Crippen LogP contribution in [-0.4, -0.2) is 17.2 Å². The van der Waals surface area contributed by atoms with E-state index in [1.165, 1.54) is 11.1 Å². The van der Waals surface area contributed by atoms with Crippen LogP contribution in [0.25, 0.3) is 0 Å². The Balaban J connectivity index is 0. The quantitative estimate of drug-likeness (QED) is 0.614. The van der Waals surface area contributed by atoms with Crippen LogP contribution in [0.5, 0.6) is 0 Å². The molecule has 2 nitrogen and oxygen atoms in total. The zero-order valence-electron chi connectivity index (χ0n) is 13.1. The van der Waals surface area contributed by atoms with E-state index in [0.29, 0.717) is 0 Å². The maximum atomic E-state index is 4.93. The van der Waals surface area contributed by atoms with Crippen molar-refractivity contribution in [2.24, 2.45) is 4.99 Å². The normalized spacial score (nSPS) is 11.4. The average molecular weight is 398 g/mol. The summed E-state index contributed by atoms with van der Waals surface area (Å²) in [6, 6.07) is 8.60. The molecule has 1 rings (SSSR count). The third-order valence-electron chi connectivity index (χ3n) is 2.35. The topological polar surface area (TPSA) is 43.9 Å². The summed E-state index contributed by atoms with van der Waals surface area (Å²) in [5, 5.41) is 0. The van der Waals surface area contributed by atoms with Gasteiger partial charge in [-0.15, -0.1) is 0 Å². The summed E-state index contributed by atoms with van der Waals surface area (Å²) >= 11 is -0.826. The summed E-state index contributed by atoms with van der Waals surface area (Å²) in [4.78, 5) is 4.52. The van der Waals surface area contributed by atoms with Gasteiger partial charge in [0.1, 0.15) is 0 Å². The van der Waals surface area contributed by atoms with Crippen LogP contribution in [0.15, 0.2) is 29.3 Å². The molecule has 2 N–H and O–H groups in total. The molecule has 114 valence electrons. The summed E-state index contributed by atoms with van der Waals surface area (Å²) in [6.45, 7) is 13.0. The van der Waals surface area contributed by atoms with Crippen LogP contribution >= 0.6 is 17.0 Å². The summed E-state index contributed by atoms with van der Waals surface area (Å²) in [5.74, 6) is 0. The first-order valence-electron chi connectivity index (χ1n) is 6.22. The summed E-state index contributed by atoms with van der Waals surface area (Å²) in [5.41, 5.74) is 2.73. The molecule has 0 radical (unpaired) electrons. The van der Waals surface area contributed by atoms with E-state index in [9.17, 15) is 0 Å². The van der Waals surface area contributed by atoms with Gasteiger partial charge in [-0.3, -0.25) is 4.99 Å². The Morgan fingerprint density at radius 2 is 1.55 bits per heavy atom. The van der Waals surface area contributed by atoms with E-state index in [4.69, 9.17) is 17.0 Å². The zero-order chi connectivity index (χ0) is 15.1. The van der Waals surface area contributed by atoms with Crippen molar-refractivity contribution in [2.75, 3.05) is 0 Å². The second kappa shape index (κ2) is 10.1. The SMILES string of the molecule is CC(C)(C)N=Cc1cccc(C(C)(C)C)c1.O.[Cl][Zr][Cl]. The van der Waals surface area contributed by atoms with Crippen LogP contribution in [-0.2, 0) is 26.3 Å². The minimum atomic E-state index is -0.826. The third kappa shape index (κ3) is 11.0. The van der Waals surface area contributed by atoms with Crippen molar-refractivity contribution < 1.29 is 26.3 Å². The molecule has 0 saturated carbocycles. The van der Waals surface area contributed by atoms with Gasteiger partial charge in [-0.1, -0.05) is 39.0 Å². The number of aliphatic imine (C=N–C) groups is 1. The molecule has 0 unspecified atom stereocenters. The second-order valence-corrected chi connectivity index (χ2v) is 10.1. The first kappa shape index (κ1) is 22.6. The van der Waals surface area contributed by atoms with Crippen molar-refractivity contribution >= 4 is 23.2 Å². The van der Waals surface area contributed by atoms with E-state index >= 15 is 0 Å². The Hall–Kier alpha value is 0.313. The molecule has 0 aliphatic heterocycles. The number of hydrogen-bond acceptors (Lipinski definition) is 1. The molecule has 0 spiro atoms. The van der Waals surface area contributed by atoms with Gasteiger partial charge in [0.25, 0.3) is 0 Å². The van der Waals surface area contributed by atoms with Gasteiger partial charge in [-0.2, -0.15) is 0 Å². The van der Waals surface area contributed by atoms with E-state index in [0.717, 1.165) is 0 Å². The van der Waals surface area contributed by atoms with Gasteiger partial charge in [0.05, 0.1) is 5.54 Å². The average Bonchev–Trinajstić information content (AvgIpc) is 2.26. The Morgan fingerprint density at radius 3 is 1.95 bits per heavy atom. The van der Waals surface area contributed by atoms with Crippen LogP contribution in [0, 0.1) is 0 Å². The van der Waals surface area contributed by atoms with Gasteiger partial charge >= 0.3 is 37.9 Å². The Bertz CT molecular complexity index is 409. The molecular weight excluding hydrogens is 372 g/mol. The molecule has 0 fully saturated rings. The van der Waals surface area contributed by atoms with E-state index in [2.05, 4.69) is 70.8 Å². The molecule has 0 heterocycles. The molecule has 1 aromatic carbocycles. The monoisotopic (exact) mass is 395 g/mol. The van der Waals surface area contributed by atoms with Gasteiger partial charge in [0.2, 0.25) is 0 Å². The summed E-state index contributed by atoms with van der Waals surface area (Å²) < 4.78 is 0. The van der Waals surface area contributed by atoms with Crippen LogP contribution in [0.2, 0.25) is 0 Å². The molecule has 0 saturated heterocycles. The first-order chi connectivity index (χ1) is 8.60. The van der Waals surface area contributed by atoms with Gasteiger partial charge in [0.15, 0.2) is 0 Å². The summed E-state index contributed by atoms with van der Waals surface area (Å²) in [7, 11) is 9.87. The first-order valence-corrected chi connectivity index (χ1v) is 12.6. The van der Waals surface area contributed by atoms with Crippen molar-refractivity contribution in [3.63, 3.8) is 0 Å². The Morgan fingerprint density at radius 1 is 1.05 bits per heavy atom. The predicted octanol–water partition coefficient (Wildman–Crippen LogP) is 4.75. The van der Waals surface area contributed by atoms with E-state index in [1.54, 1.807) is 0 Å². The van der Waals surface area contributed by atoms with Gasteiger partial charge in [-0.05, 0) is 43.4 Å². The van der Waals surface area contributed by atoms with E-state index in [1.807, 2.05) is 6.21 Å². The zero-order valence-corrected chi connectivity index (χ0v) is 17.1. The molecule has 0 atom stereocenters. The number of halogens is 2. The number of nitrogens with zero attached hydrogens (tertiary/aromatic N) is 1. The number of hydrogen-bond donors (Lipinski definition) is 0. The molecule has 0 aliphatic rings. The molecule has 0 bridgehead atoms. The van der Waals surface area contributed by atoms with Crippen molar-refractivity contribution in [2.45, 2.75) is 52.5 Å². The van der Waals surface area contributed by atoms with Gasteiger partial charge in [-0.25, -0.2) is 0 Å². The maximum absolute atomic E-state index is 4.93. The van der Waals surface area contributed by atoms with Crippen molar-refractivity contribution in [1.29, 1.82) is 0 Å². The van der Waals surface area contributed by atoms with Crippen LogP contribution < -0.4 is 0 Å². The van der Waals surface area contributed by atoms with Crippen molar-refractivity contribution in [3.8, 4) is 0 Å². The molecule has 20 heavy (non-hydrogen) atoms. The number of rotatable bonds is 1. The summed E-state index contributed by atoms with van der Waals surface area (Å²) in [6.07, 6.45) is 1.97. The van der Waals surface area contributed by atoms with Crippen LogP contribution in [0.3, 0.4) is 0 Å². The van der Waals surface area contributed by atoms with Crippen LogP contribution in [0.4, 0.5) is 0 Å². The fourth-order valence-corrected chi connectivity index (χ4v) is 1.35. The molecule has 0 amide bonds. The fourth-order valence-electron chi connectivity index (χ4n) is 1.35. The molecular formula is C15H25Cl2NOZr. The van der Waals surface area contributed by atoms with Crippen molar-refractivity contribution in [1.82, 2.24) is 0 Å². The minimum absolute atomic E-state index is 0. The van der Waals surface area contributed by atoms with Crippen molar-refractivity contribution in [3.05, 3.63) is 35.4 Å². The molecule has 0 aliphatic carbocycles. The second-order valence-electron chi connectivity index (χ2n) is 6.38. The fraction of sp³-hybridized carbons (Fsp3) is 0.533. The Labute approximate surface area is 142 Å². The number of benzene rings is 1. The standard InChI is InChI=1S/C15H23N.2ClH.H2O.Zr/c1-14(2,3)13-9-7-8-12(10-13)11-16-15(4,5)6;;;;/h7-11H,1-6H3;2*1H;1H2;/q;;;;+2/p-2. The molecule has 5 heteroatoms. The van der Waals surface area contributed by atoms with Gasteiger partial charge < -0.3 is 5.48 Å².